The van der Waals surface area contributed by atoms with Gasteiger partial charge in [0.1, 0.15) is 0 Å². The van der Waals surface area contributed by atoms with Gasteiger partial charge >= 0.3 is 0 Å². The van der Waals surface area contributed by atoms with E-state index >= 15 is 0 Å². The average Bonchev–Trinajstić information content (AvgIpc) is 3.05. The summed E-state index contributed by atoms with van der Waals surface area (Å²) in [5.74, 6) is 1.37. The number of nitrogens with two attached hydrogens (primary N) is 2. The van der Waals surface area contributed by atoms with Crippen LogP contribution in [0.25, 0.3) is 0 Å². The van der Waals surface area contributed by atoms with Crippen molar-refractivity contribution in [1.82, 2.24) is 0 Å². The first kappa shape index (κ1) is 33.4. The van der Waals surface area contributed by atoms with Gasteiger partial charge in [-0.15, -0.1) is 0 Å². The second kappa shape index (κ2) is 17.7. The molecule has 0 radical (unpaired) electrons. The second-order valence-corrected chi connectivity index (χ2v) is 12.9. The topological polar surface area (TPSA) is 52.0 Å². The highest BCUT2D eigenvalue weighted by molar-refractivity contribution is 5.44. The molecule has 0 spiro atoms. The molecular formula is C42H56N2. The van der Waals surface area contributed by atoms with Crippen LogP contribution in [0.1, 0.15) is 143 Å². The van der Waals surface area contributed by atoms with E-state index in [0.717, 1.165) is 17.8 Å². The normalized spacial score (nSPS) is 13.4. The largest absolute Gasteiger partial charge is 0.399 e. The van der Waals surface area contributed by atoms with E-state index in [1.807, 2.05) is 24.3 Å². The first-order valence-electron chi connectivity index (χ1n) is 17.4. The zero-order valence-electron chi connectivity index (χ0n) is 27.6. The fourth-order valence-corrected chi connectivity index (χ4v) is 6.70. The third-order valence-corrected chi connectivity index (χ3v) is 9.45. The molecule has 0 bridgehead atoms. The van der Waals surface area contributed by atoms with E-state index in [1.165, 1.54) is 104 Å². The van der Waals surface area contributed by atoms with Crippen LogP contribution in [-0.2, 0) is 6.42 Å². The number of hydrogen-bond donors (Lipinski definition) is 2. The average molecular weight is 589 g/mol. The zero-order chi connectivity index (χ0) is 31.1. The SMILES string of the molecule is CCCCCCC(Cc1ccc(C(CCCC)c2ccc(N)cc2)cc1)c1ccc(C(CCCC)c2ccc(N)cc2)cc1. The lowest BCUT2D eigenvalue weighted by Crippen LogP contribution is -2.06. The Morgan fingerprint density at radius 2 is 0.795 bits per heavy atom. The van der Waals surface area contributed by atoms with Crippen LogP contribution < -0.4 is 11.5 Å². The van der Waals surface area contributed by atoms with Crippen molar-refractivity contribution < 1.29 is 0 Å². The van der Waals surface area contributed by atoms with Crippen LogP contribution in [0.2, 0.25) is 0 Å². The highest BCUT2D eigenvalue weighted by atomic mass is 14.5. The van der Waals surface area contributed by atoms with Crippen LogP contribution >= 0.6 is 0 Å². The molecule has 0 saturated heterocycles. The molecule has 0 aromatic heterocycles. The van der Waals surface area contributed by atoms with Crippen LogP contribution in [0.4, 0.5) is 11.4 Å². The number of benzene rings is 4. The summed E-state index contributed by atoms with van der Waals surface area (Å²) >= 11 is 0. The third-order valence-electron chi connectivity index (χ3n) is 9.45. The summed E-state index contributed by atoms with van der Waals surface area (Å²) in [5.41, 5.74) is 22.2. The summed E-state index contributed by atoms with van der Waals surface area (Å²) in [5, 5.41) is 0. The minimum atomic E-state index is 0.418. The molecule has 2 nitrogen and oxygen atoms in total. The smallest absolute Gasteiger partial charge is 0.0314 e. The van der Waals surface area contributed by atoms with Crippen molar-refractivity contribution in [2.45, 2.75) is 116 Å². The van der Waals surface area contributed by atoms with Crippen molar-refractivity contribution in [3.05, 3.63) is 130 Å². The summed E-state index contributed by atoms with van der Waals surface area (Å²) in [7, 11) is 0. The van der Waals surface area contributed by atoms with Gasteiger partial charge in [0.2, 0.25) is 0 Å². The molecule has 3 atom stereocenters. The standard InChI is InChI=1S/C42H56N2/c1-4-7-10-11-12-38(33-19-21-35(22-20-33)42(14-9-6-3)37-25-29-40(44)30-26-37)31-32-15-17-34(18-16-32)41(13-8-5-2)36-23-27-39(43)28-24-36/h15-30,38,41-42H,4-14,31,43-44H2,1-3H3. The lowest BCUT2D eigenvalue weighted by atomic mass is 9.83. The number of rotatable bonds is 18. The molecule has 4 N–H and O–H groups in total. The van der Waals surface area contributed by atoms with Crippen molar-refractivity contribution in [1.29, 1.82) is 0 Å². The summed E-state index contributed by atoms with van der Waals surface area (Å²) in [6.45, 7) is 6.85. The fraction of sp³-hybridized carbons (Fsp3) is 0.429. The van der Waals surface area contributed by atoms with Gasteiger partial charge in [0, 0.05) is 23.2 Å². The van der Waals surface area contributed by atoms with E-state index in [9.17, 15) is 0 Å². The van der Waals surface area contributed by atoms with E-state index in [1.54, 1.807) is 0 Å². The molecule has 0 aliphatic carbocycles. The third kappa shape index (κ3) is 9.74. The monoisotopic (exact) mass is 588 g/mol. The van der Waals surface area contributed by atoms with Gasteiger partial charge < -0.3 is 11.5 Å². The number of anilines is 2. The molecule has 4 aromatic carbocycles. The second-order valence-electron chi connectivity index (χ2n) is 12.9. The summed E-state index contributed by atoms with van der Waals surface area (Å²) in [4.78, 5) is 0. The molecule has 4 aromatic rings. The number of hydrogen-bond acceptors (Lipinski definition) is 2. The van der Waals surface area contributed by atoms with Gasteiger partial charge in [-0.3, -0.25) is 0 Å². The summed E-state index contributed by atoms with van der Waals surface area (Å²) in [6, 6.07) is 36.2. The Morgan fingerprint density at radius 3 is 1.23 bits per heavy atom. The Hall–Kier alpha value is -3.52. The molecule has 44 heavy (non-hydrogen) atoms. The molecular weight excluding hydrogens is 532 g/mol. The van der Waals surface area contributed by atoms with Crippen molar-refractivity contribution in [3.63, 3.8) is 0 Å². The van der Waals surface area contributed by atoms with Gasteiger partial charge in [-0.2, -0.15) is 0 Å². The number of unbranched alkanes of at least 4 members (excludes halogenated alkanes) is 5. The van der Waals surface area contributed by atoms with Gasteiger partial charge in [-0.25, -0.2) is 0 Å². The Morgan fingerprint density at radius 1 is 0.409 bits per heavy atom. The van der Waals surface area contributed by atoms with Gasteiger partial charge in [0.05, 0.1) is 0 Å². The Bertz CT molecular complexity index is 1340. The highest BCUT2D eigenvalue weighted by Gasteiger charge is 2.18. The zero-order valence-corrected chi connectivity index (χ0v) is 27.6. The molecule has 0 heterocycles. The molecule has 3 unspecified atom stereocenters. The molecule has 4 rings (SSSR count). The Balaban J connectivity index is 1.53. The van der Waals surface area contributed by atoms with Gasteiger partial charge in [-0.05, 0) is 89.2 Å². The molecule has 0 saturated carbocycles. The van der Waals surface area contributed by atoms with E-state index < -0.39 is 0 Å². The fourth-order valence-electron chi connectivity index (χ4n) is 6.70. The van der Waals surface area contributed by atoms with Gasteiger partial charge in [0.25, 0.3) is 0 Å². The van der Waals surface area contributed by atoms with Crippen molar-refractivity contribution >= 4 is 11.4 Å². The van der Waals surface area contributed by atoms with Crippen LogP contribution in [0.15, 0.2) is 97.1 Å². The maximum Gasteiger partial charge on any atom is 0.0314 e. The van der Waals surface area contributed by atoms with Gasteiger partial charge in [-0.1, -0.05) is 145 Å². The van der Waals surface area contributed by atoms with Crippen LogP contribution in [0.3, 0.4) is 0 Å². The maximum atomic E-state index is 6.01. The minimum Gasteiger partial charge on any atom is -0.399 e. The summed E-state index contributed by atoms with van der Waals surface area (Å²) < 4.78 is 0. The van der Waals surface area contributed by atoms with Crippen molar-refractivity contribution in [2.75, 3.05) is 11.5 Å². The number of nitrogen functional groups attached to an aromatic ring is 2. The van der Waals surface area contributed by atoms with Gasteiger partial charge in [0.15, 0.2) is 0 Å². The highest BCUT2D eigenvalue weighted by Crippen LogP contribution is 2.35. The van der Waals surface area contributed by atoms with Crippen LogP contribution in [0.5, 0.6) is 0 Å². The summed E-state index contributed by atoms with van der Waals surface area (Å²) in [6.07, 6.45) is 14.7. The first-order valence-corrected chi connectivity index (χ1v) is 17.4. The minimum absolute atomic E-state index is 0.418. The van der Waals surface area contributed by atoms with E-state index in [2.05, 4.69) is 93.6 Å². The molecule has 0 aliphatic rings. The van der Waals surface area contributed by atoms with Crippen molar-refractivity contribution in [3.8, 4) is 0 Å². The molecule has 0 fully saturated rings. The van der Waals surface area contributed by atoms with Crippen molar-refractivity contribution in [2.24, 2.45) is 0 Å². The first-order chi connectivity index (χ1) is 21.5. The van der Waals surface area contributed by atoms with Crippen LogP contribution in [0, 0.1) is 0 Å². The molecule has 0 amide bonds. The van der Waals surface area contributed by atoms with Crippen LogP contribution in [-0.4, -0.2) is 0 Å². The van der Waals surface area contributed by atoms with E-state index in [0.29, 0.717) is 17.8 Å². The molecule has 0 aliphatic heterocycles. The predicted octanol–water partition coefficient (Wildman–Crippen LogP) is 11.8. The predicted molar refractivity (Wildman–Crippen MR) is 193 cm³/mol. The van der Waals surface area contributed by atoms with E-state index in [4.69, 9.17) is 11.5 Å². The van der Waals surface area contributed by atoms with E-state index in [-0.39, 0.29) is 0 Å². The quantitative estimate of drug-likeness (QED) is 0.0897. The lowest BCUT2D eigenvalue weighted by molar-refractivity contribution is 0.550. The molecule has 2 heteroatoms. The maximum absolute atomic E-state index is 6.01. The Labute approximate surface area is 268 Å². The Kier molecular flexibility index (Phi) is 13.4. The molecule has 234 valence electrons. The lowest BCUT2D eigenvalue weighted by Gasteiger charge is -2.22.